The van der Waals surface area contributed by atoms with Gasteiger partial charge in [0.15, 0.2) is 0 Å². The second-order valence-electron chi connectivity index (χ2n) is 6.02. The SMILES string of the molecule is BN(C)c1nc2[nH]c(-c3cccc(C#N)c3)cc2c2c1ncn2C. The summed E-state index contributed by atoms with van der Waals surface area (Å²) in [4.78, 5) is 14.6. The van der Waals surface area contributed by atoms with Crippen molar-refractivity contribution in [3.05, 3.63) is 42.2 Å². The van der Waals surface area contributed by atoms with Crippen LogP contribution >= 0.6 is 0 Å². The normalized spacial score (nSPS) is 11.0. The molecule has 3 heterocycles. The number of nitriles is 1. The number of aryl methyl sites for hydroxylation is 1. The standard InChI is InChI=1S/C17H15BN6/c1-23-9-20-14-15(23)12-7-13(11-5-3-4-10(6-11)8-19)21-16(12)22-17(14)24(2)18/h3-7,9H,18H2,1-2H3,(H,21,22). The van der Waals surface area contributed by atoms with Crippen molar-refractivity contribution in [2.75, 3.05) is 11.9 Å². The summed E-state index contributed by atoms with van der Waals surface area (Å²) in [5.41, 5.74) is 5.28. The zero-order valence-electron chi connectivity index (χ0n) is 13.7. The topological polar surface area (TPSA) is 73.5 Å². The first-order valence-electron chi connectivity index (χ1n) is 7.60. The zero-order valence-corrected chi connectivity index (χ0v) is 13.7. The first-order chi connectivity index (χ1) is 11.6. The predicted octanol–water partition coefficient (Wildman–Crippen LogP) is 1.97. The largest absolute Gasteiger partial charge is 0.408 e. The van der Waals surface area contributed by atoms with Gasteiger partial charge in [-0.1, -0.05) is 12.1 Å². The van der Waals surface area contributed by atoms with Crippen molar-refractivity contribution in [2.45, 2.75) is 0 Å². The molecule has 0 fully saturated rings. The third-order valence-corrected chi connectivity index (χ3v) is 4.14. The molecule has 4 rings (SSSR count). The van der Waals surface area contributed by atoms with Gasteiger partial charge in [0, 0.05) is 18.1 Å². The van der Waals surface area contributed by atoms with Crippen LogP contribution < -0.4 is 4.81 Å². The van der Waals surface area contributed by atoms with E-state index in [4.69, 9.17) is 10.2 Å². The van der Waals surface area contributed by atoms with E-state index in [1.807, 2.05) is 56.0 Å². The number of fused-ring (bicyclic) bond motifs is 3. The lowest BCUT2D eigenvalue weighted by Crippen LogP contribution is -2.13. The summed E-state index contributed by atoms with van der Waals surface area (Å²) in [7, 11) is 5.91. The lowest BCUT2D eigenvalue weighted by atomic mass is 10.1. The highest BCUT2D eigenvalue weighted by Crippen LogP contribution is 2.32. The van der Waals surface area contributed by atoms with E-state index in [1.54, 1.807) is 6.07 Å². The summed E-state index contributed by atoms with van der Waals surface area (Å²) in [6.07, 6.45) is 1.81. The van der Waals surface area contributed by atoms with E-state index in [9.17, 15) is 0 Å². The highest BCUT2D eigenvalue weighted by Gasteiger charge is 2.16. The van der Waals surface area contributed by atoms with E-state index < -0.39 is 0 Å². The number of aromatic nitrogens is 4. The number of pyridine rings is 1. The van der Waals surface area contributed by atoms with E-state index in [2.05, 4.69) is 22.1 Å². The Balaban J connectivity index is 2.03. The predicted molar refractivity (Wildman–Crippen MR) is 97.5 cm³/mol. The van der Waals surface area contributed by atoms with Crippen molar-refractivity contribution in [3.8, 4) is 17.3 Å². The van der Waals surface area contributed by atoms with E-state index in [0.29, 0.717) is 5.56 Å². The van der Waals surface area contributed by atoms with Crippen molar-refractivity contribution in [1.82, 2.24) is 19.5 Å². The van der Waals surface area contributed by atoms with Crippen LogP contribution in [0.5, 0.6) is 0 Å². The average molecular weight is 314 g/mol. The minimum atomic E-state index is 0.638. The molecule has 24 heavy (non-hydrogen) atoms. The minimum absolute atomic E-state index is 0.638. The monoisotopic (exact) mass is 314 g/mol. The fourth-order valence-electron chi connectivity index (χ4n) is 3.01. The van der Waals surface area contributed by atoms with Crippen LogP contribution in [0.25, 0.3) is 33.3 Å². The fraction of sp³-hybridized carbons (Fsp3) is 0.118. The molecule has 0 amide bonds. The molecule has 116 valence electrons. The number of nitrogens with one attached hydrogen (secondary N) is 1. The Morgan fingerprint density at radius 2 is 2.17 bits per heavy atom. The lowest BCUT2D eigenvalue weighted by molar-refractivity contribution is 0.951. The number of benzene rings is 1. The highest BCUT2D eigenvalue weighted by atomic mass is 15.1. The number of hydrogen-bond donors (Lipinski definition) is 1. The molecule has 1 N–H and O–H groups in total. The van der Waals surface area contributed by atoms with Crippen LogP contribution in [-0.4, -0.2) is 34.5 Å². The first-order valence-corrected chi connectivity index (χ1v) is 7.60. The minimum Gasteiger partial charge on any atom is -0.408 e. The van der Waals surface area contributed by atoms with Gasteiger partial charge in [0.25, 0.3) is 0 Å². The molecular weight excluding hydrogens is 299 g/mol. The molecule has 0 bridgehead atoms. The van der Waals surface area contributed by atoms with Gasteiger partial charge in [-0.25, -0.2) is 9.97 Å². The fourth-order valence-corrected chi connectivity index (χ4v) is 3.01. The quantitative estimate of drug-likeness (QED) is 0.574. The van der Waals surface area contributed by atoms with Crippen molar-refractivity contribution in [3.63, 3.8) is 0 Å². The summed E-state index contributed by atoms with van der Waals surface area (Å²) in [6.45, 7) is 0. The van der Waals surface area contributed by atoms with E-state index in [0.717, 1.165) is 39.1 Å². The number of anilines is 1. The molecule has 0 unspecified atom stereocenters. The Hall–Kier alpha value is -3.27. The van der Waals surface area contributed by atoms with E-state index >= 15 is 0 Å². The van der Waals surface area contributed by atoms with Crippen LogP contribution in [-0.2, 0) is 7.05 Å². The van der Waals surface area contributed by atoms with Crippen LogP contribution in [0.3, 0.4) is 0 Å². The summed E-state index contributed by atoms with van der Waals surface area (Å²) in [6, 6.07) is 11.8. The molecule has 0 radical (unpaired) electrons. The van der Waals surface area contributed by atoms with Gasteiger partial charge in [-0.2, -0.15) is 5.26 Å². The molecule has 7 heteroatoms. The second kappa shape index (κ2) is 5.13. The Kier molecular flexibility index (Phi) is 3.07. The molecular formula is C17H15BN6. The third-order valence-electron chi connectivity index (χ3n) is 4.14. The molecule has 0 aliphatic heterocycles. The van der Waals surface area contributed by atoms with Gasteiger partial charge in [0.1, 0.15) is 17.0 Å². The van der Waals surface area contributed by atoms with Gasteiger partial charge < -0.3 is 14.4 Å². The maximum atomic E-state index is 9.11. The number of nitrogens with zero attached hydrogens (tertiary/aromatic N) is 5. The lowest BCUT2D eigenvalue weighted by Gasteiger charge is -2.12. The number of H-pyrrole nitrogens is 1. The van der Waals surface area contributed by atoms with Crippen LogP contribution in [0.2, 0.25) is 0 Å². The van der Waals surface area contributed by atoms with Crippen molar-refractivity contribution >= 4 is 35.9 Å². The molecule has 0 saturated carbocycles. The van der Waals surface area contributed by atoms with Crippen LogP contribution in [0, 0.1) is 11.3 Å². The smallest absolute Gasteiger partial charge is 0.219 e. The summed E-state index contributed by atoms with van der Waals surface area (Å²) >= 11 is 0. The third kappa shape index (κ3) is 2.04. The van der Waals surface area contributed by atoms with Gasteiger partial charge in [-0.15, -0.1) is 0 Å². The summed E-state index contributed by atoms with van der Waals surface area (Å²) < 4.78 is 2.01. The average Bonchev–Trinajstić information content (AvgIpc) is 3.17. The molecule has 4 aromatic rings. The Morgan fingerprint density at radius 1 is 1.33 bits per heavy atom. The number of hydrogen-bond acceptors (Lipinski definition) is 4. The van der Waals surface area contributed by atoms with Gasteiger partial charge in [0.05, 0.1) is 23.5 Å². The van der Waals surface area contributed by atoms with Gasteiger partial charge in [-0.05, 0) is 30.8 Å². The first kappa shape index (κ1) is 14.3. The van der Waals surface area contributed by atoms with E-state index in [1.165, 1.54) is 0 Å². The van der Waals surface area contributed by atoms with Crippen LogP contribution in [0.15, 0.2) is 36.7 Å². The molecule has 3 aromatic heterocycles. The van der Waals surface area contributed by atoms with Crippen LogP contribution in [0.4, 0.5) is 5.82 Å². The molecule has 0 spiro atoms. The zero-order chi connectivity index (χ0) is 16.8. The Labute approximate surface area is 139 Å². The summed E-state index contributed by atoms with van der Waals surface area (Å²) in [5.74, 6) is 0.831. The number of rotatable bonds is 2. The molecule has 1 aromatic carbocycles. The number of aromatic amines is 1. The Bertz CT molecular complexity index is 1120. The second-order valence-corrected chi connectivity index (χ2v) is 6.02. The van der Waals surface area contributed by atoms with Gasteiger partial charge >= 0.3 is 0 Å². The maximum Gasteiger partial charge on any atom is 0.219 e. The Morgan fingerprint density at radius 3 is 2.92 bits per heavy atom. The molecule has 6 nitrogen and oxygen atoms in total. The van der Waals surface area contributed by atoms with Crippen molar-refractivity contribution < 1.29 is 0 Å². The van der Waals surface area contributed by atoms with Gasteiger partial charge in [0.2, 0.25) is 7.98 Å². The van der Waals surface area contributed by atoms with Crippen molar-refractivity contribution in [2.24, 2.45) is 7.05 Å². The summed E-state index contributed by atoms with van der Waals surface area (Å²) in [5, 5.41) is 10.1. The van der Waals surface area contributed by atoms with E-state index in [-0.39, 0.29) is 0 Å². The molecule has 0 atom stereocenters. The van der Waals surface area contributed by atoms with Crippen LogP contribution in [0.1, 0.15) is 5.56 Å². The maximum absolute atomic E-state index is 9.11. The molecule has 0 saturated heterocycles. The number of imidazole rings is 1. The van der Waals surface area contributed by atoms with Crippen molar-refractivity contribution in [1.29, 1.82) is 5.26 Å². The highest BCUT2D eigenvalue weighted by molar-refractivity contribution is 6.20. The molecule has 0 aliphatic carbocycles. The molecule has 0 aliphatic rings. The van der Waals surface area contributed by atoms with Gasteiger partial charge in [-0.3, -0.25) is 0 Å².